The van der Waals surface area contributed by atoms with Gasteiger partial charge in [0.2, 0.25) is 0 Å². The van der Waals surface area contributed by atoms with E-state index in [2.05, 4.69) is 36.7 Å². The predicted molar refractivity (Wildman–Crippen MR) is 117 cm³/mol. The van der Waals surface area contributed by atoms with E-state index in [1.165, 1.54) is 11.8 Å². The van der Waals surface area contributed by atoms with E-state index in [-0.39, 0.29) is 11.7 Å². The average Bonchev–Trinajstić information content (AvgIpc) is 3.06. The van der Waals surface area contributed by atoms with E-state index in [0.29, 0.717) is 16.0 Å². The van der Waals surface area contributed by atoms with Gasteiger partial charge in [0.05, 0.1) is 11.5 Å². The van der Waals surface area contributed by atoms with Crippen LogP contribution in [0.25, 0.3) is 11.4 Å². The van der Waals surface area contributed by atoms with Gasteiger partial charge in [0, 0.05) is 22.1 Å². The number of carbonyl (C=O) groups excluding carboxylic acids is 1. The molecule has 0 saturated carbocycles. The number of halogens is 2. The van der Waals surface area contributed by atoms with Gasteiger partial charge in [-0.3, -0.25) is 4.79 Å². The fourth-order valence-electron chi connectivity index (χ4n) is 2.36. The molecule has 0 atom stereocenters. The number of aromatic nitrogens is 3. The van der Waals surface area contributed by atoms with E-state index in [9.17, 15) is 4.79 Å². The molecule has 1 aromatic heterocycles. The third-order valence-corrected chi connectivity index (χ3v) is 5.68. The molecule has 28 heavy (non-hydrogen) atoms. The summed E-state index contributed by atoms with van der Waals surface area (Å²) in [5, 5.41) is 13.8. The normalized spacial score (nSPS) is 11.5. The van der Waals surface area contributed by atoms with Crippen LogP contribution in [0.4, 0.5) is 0 Å². The third-order valence-electron chi connectivity index (χ3n) is 3.88. The first-order valence-corrected chi connectivity index (χ1v) is 10.5. The Morgan fingerprint density at radius 2 is 1.86 bits per heavy atom. The molecule has 0 saturated heterocycles. The van der Waals surface area contributed by atoms with Gasteiger partial charge in [-0.05, 0) is 48.9 Å². The van der Waals surface area contributed by atoms with E-state index >= 15 is 0 Å². The standard InChI is InChI=1S/C19H17BrClN5OS/c1-12(13-3-7-15(20)8-4-13)22-23-17(27)11-28-19-25-24-18(26(19)2)14-5-9-16(21)10-6-14/h3-10H,11H2,1-2H3,(H,23,27)/b22-12+. The van der Waals surface area contributed by atoms with Crippen LogP contribution in [0.1, 0.15) is 12.5 Å². The summed E-state index contributed by atoms with van der Waals surface area (Å²) in [6.45, 7) is 1.84. The van der Waals surface area contributed by atoms with Crippen molar-refractivity contribution >= 4 is 50.9 Å². The molecule has 3 aromatic rings. The van der Waals surface area contributed by atoms with Gasteiger partial charge in [-0.25, -0.2) is 5.43 Å². The second-order valence-corrected chi connectivity index (χ2v) is 8.19. The molecule has 1 heterocycles. The maximum atomic E-state index is 12.1. The molecule has 6 nitrogen and oxygen atoms in total. The number of amides is 1. The number of hydrogen-bond acceptors (Lipinski definition) is 5. The molecule has 1 N–H and O–H groups in total. The fraction of sp³-hybridized carbons (Fsp3) is 0.158. The quantitative estimate of drug-likeness (QED) is 0.321. The Kier molecular flexibility index (Phi) is 6.88. The molecule has 0 spiro atoms. The summed E-state index contributed by atoms with van der Waals surface area (Å²) < 4.78 is 2.84. The smallest absolute Gasteiger partial charge is 0.250 e. The minimum absolute atomic E-state index is 0.184. The van der Waals surface area contributed by atoms with Crippen molar-refractivity contribution in [2.24, 2.45) is 12.1 Å². The highest BCUT2D eigenvalue weighted by Crippen LogP contribution is 2.23. The highest BCUT2D eigenvalue weighted by atomic mass is 79.9. The lowest BCUT2D eigenvalue weighted by Gasteiger charge is -2.05. The van der Waals surface area contributed by atoms with Crippen molar-refractivity contribution in [3.63, 3.8) is 0 Å². The first kappa shape index (κ1) is 20.6. The van der Waals surface area contributed by atoms with Crippen LogP contribution in [0.2, 0.25) is 5.02 Å². The van der Waals surface area contributed by atoms with E-state index in [1.54, 1.807) is 12.1 Å². The molecule has 0 aliphatic carbocycles. The Morgan fingerprint density at radius 1 is 1.18 bits per heavy atom. The van der Waals surface area contributed by atoms with Crippen LogP contribution >= 0.6 is 39.3 Å². The largest absolute Gasteiger partial charge is 0.305 e. The average molecular weight is 479 g/mol. The van der Waals surface area contributed by atoms with Crippen molar-refractivity contribution in [1.29, 1.82) is 0 Å². The van der Waals surface area contributed by atoms with Gasteiger partial charge in [0.1, 0.15) is 0 Å². The Labute approximate surface area is 180 Å². The zero-order valence-electron chi connectivity index (χ0n) is 15.2. The van der Waals surface area contributed by atoms with Crippen molar-refractivity contribution in [1.82, 2.24) is 20.2 Å². The van der Waals surface area contributed by atoms with E-state index in [0.717, 1.165) is 21.3 Å². The van der Waals surface area contributed by atoms with E-state index in [1.807, 2.05) is 54.9 Å². The van der Waals surface area contributed by atoms with Crippen molar-refractivity contribution in [2.45, 2.75) is 12.1 Å². The summed E-state index contributed by atoms with van der Waals surface area (Å²) in [7, 11) is 1.86. The molecule has 144 valence electrons. The van der Waals surface area contributed by atoms with Crippen LogP contribution in [0, 0.1) is 0 Å². The van der Waals surface area contributed by atoms with Crippen LogP contribution < -0.4 is 5.43 Å². The highest BCUT2D eigenvalue weighted by molar-refractivity contribution is 9.10. The second-order valence-electron chi connectivity index (χ2n) is 5.90. The topological polar surface area (TPSA) is 72.2 Å². The van der Waals surface area contributed by atoms with Crippen molar-refractivity contribution < 1.29 is 4.79 Å². The molecule has 0 fully saturated rings. The number of hydrogen-bond donors (Lipinski definition) is 1. The molecule has 0 radical (unpaired) electrons. The fourth-order valence-corrected chi connectivity index (χ4v) is 3.45. The van der Waals surface area contributed by atoms with Crippen LogP contribution in [0.15, 0.2) is 63.3 Å². The monoisotopic (exact) mass is 477 g/mol. The Morgan fingerprint density at radius 3 is 2.54 bits per heavy atom. The summed E-state index contributed by atoms with van der Waals surface area (Å²) in [4.78, 5) is 12.1. The number of thioether (sulfide) groups is 1. The van der Waals surface area contributed by atoms with Gasteiger partial charge in [-0.15, -0.1) is 10.2 Å². The number of benzene rings is 2. The third kappa shape index (κ3) is 5.21. The zero-order chi connectivity index (χ0) is 20.1. The molecular formula is C19H17BrClN5OS. The summed E-state index contributed by atoms with van der Waals surface area (Å²) in [5.41, 5.74) is 5.15. The molecule has 1 amide bonds. The SMILES string of the molecule is C/C(=N\NC(=O)CSc1nnc(-c2ccc(Cl)cc2)n1C)c1ccc(Br)cc1. The van der Waals surface area contributed by atoms with Crippen molar-refractivity contribution in [3.8, 4) is 11.4 Å². The Hall–Kier alpha value is -2.16. The molecule has 0 bridgehead atoms. The molecular weight excluding hydrogens is 462 g/mol. The highest BCUT2D eigenvalue weighted by Gasteiger charge is 2.13. The molecule has 0 aliphatic heterocycles. The number of carbonyl (C=O) groups is 1. The van der Waals surface area contributed by atoms with E-state index in [4.69, 9.17) is 11.6 Å². The van der Waals surface area contributed by atoms with Crippen LogP contribution in [-0.4, -0.2) is 32.1 Å². The summed E-state index contributed by atoms with van der Waals surface area (Å²) in [6, 6.07) is 15.1. The van der Waals surface area contributed by atoms with Gasteiger partial charge in [0.15, 0.2) is 11.0 Å². The zero-order valence-corrected chi connectivity index (χ0v) is 18.3. The first-order chi connectivity index (χ1) is 13.4. The minimum atomic E-state index is -0.211. The number of rotatable bonds is 6. The maximum absolute atomic E-state index is 12.1. The van der Waals surface area contributed by atoms with Crippen molar-refractivity contribution in [3.05, 3.63) is 63.6 Å². The molecule has 9 heteroatoms. The minimum Gasteiger partial charge on any atom is -0.305 e. The lowest BCUT2D eigenvalue weighted by Crippen LogP contribution is -2.21. The summed E-state index contributed by atoms with van der Waals surface area (Å²) in [5.74, 6) is 0.685. The predicted octanol–water partition coefficient (Wildman–Crippen LogP) is 4.53. The van der Waals surface area contributed by atoms with Crippen LogP contribution in [0.5, 0.6) is 0 Å². The maximum Gasteiger partial charge on any atom is 0.250 e. The van der Waals surface area contributed by atoms with E-state index < -0.39 is 0 Å². The van der Waals surface area contributed by atoms with Gasteiger partial charge in [0.25, 0.3) is 5.91 Å². The molecule has 0 aliphatic rings. The Balaban J connectivity index is 1.58. The van der Waals surface area contributed by atoms with Gasteiger partial charge in [-0.1, -0.05) is 51.4 Å². The number of nitrogens with one attached hydrogen (secondary N) is 1. The lowest BCUT2D eigenvalue weighted by molar-refractivity contribution is -0.118. The van der Waals surface area contributed by atoms with Gasteiger partial charge >= 0.3 is 0 Å². The van der Waals surface area contributed by atoms with Gasteiger partial charge in [-0.2, -0.15) is 5.10 Å². The summed E-state index contributed by atoms with van der Waals surface area (Å²) >= 11 is 10.6. The van der Waals surface area contributed by atoms with Crippen LogP contribution in [-0.2, 0) is 11.8 Å². The molecule has 0 unspecified atom stereocenters. The van der Waals surface area contributed by atoms with Crippen LogP contribution in [0.3, 0.4) is 0 Å². The molecule has 2 aromatic carbocycles. The lowest BCUT2D eigenvalue weighted by atomic mass is 10.1. The van der Waals surface area contributed by atoms with Crippen molar-refractivity contribution in [2.75, 3.05) is 5.75 Å². The second kappa shape index (κ2) is 9.36. The summed E-state index contributed by atoms with van der Waals surface area (Å²) in [6.07, 6.45) is 0. The molecule has 3 rings (SSSR count). The number of nitrogens with zero attached hydrogens (tertiary/aromatic N) is 4. The number of hydrazone groups is 1. The van der Waals surface area contributed by atoms with Gasteiger partial charge < -0.3 is 4.57 Å². The first-order valence-electron chi connectivity index (χ1n) is 8.31. The Bertz CT molecular complexity index is 1000.